The smallest absolute Gasteiger partial charge is 0.146 e. The Kier molecular flexibility index (Phi) is 5.49. The van der Waals surface area contributed by atoms with E-state index in [2.05, 4.69) is 51.5 Å². The van der Waals surface area contributed by atoms with Crippen molar-refractivity contribution in [1.82, 2.24) is 24.6 Å². The van der Waals surface area contributed by atoms with Crippen molar-refractivity contribution in [3.8, 4) is 0 Å². The fraction of sp³-hybridized carbons (Fsp3) is 0.778. The van der Waals surface area contributed by atoms with Gasteiger partial charge in [0.1, 0.15) is 11.6 Å². The summed E-state index contributed by atoms with van der Waals surface area (Å²) >= 11 is 0. The SMILES string of the molecule is CC(C)=CCN1CCC[C@@H](c2nnc(CN3CCCC3)n2C)C1. The summed E-state index contributed by atoms with van der Waals surface area (Å²) in [4.78, 5) is 5.05. The van der Waals surface area contributed by atoms with E-state index in [4.69, 9.17) is 0 Å². The van der Waals surface area contributed by atoms with Gasteiger partial charge in [0.2, 0.25) is 0 Å². The fourth-order valence-electron chi connectivity index (χ4n) is 3.75. The Hall–Kier alpha value is -1.20. The van der Waals surface area contributed by atoms with Crippen LogP contribution in [0.3, 0.4) is 0 Å². The molecule has 0 N–H and O–H groups in total. The molecule has 0 bridgehead atoms. The van der Waals surface area contributed by atoms with Gasteiger partial charge in [-0.25, -0.2) is 0 Å². The van der Waals surface area contributed by atoms with Gasteiger partial charge in [0, 0.05) is 26.1 Å². The first kappa shape index (κ1) is 16.7. The van der Waals surface area contributed by atoms with Gasteiger partial charge in [-0.3, -0.25) is 9.80 Å². The number of nitrogens with zero attached hydrogens (tertiary/aromatic N) is 5. The first-order chi connectivity index (χ1) is 11.1. The molecule has 2 aliphatic rings. The Morgan fingerprint density at radius 3 is 2.57 bits per heavy atom. The molecule has 3 heterocycles. The lowest BCUT2D eigenvalue weighted by Gasteiger charge is -2.31. The number of piperidine rings is 1. The first-order valence-corrected chi connectivity index (χ1v) is 9.09. The summed E-state index contributed by atoms with van der Waals surface area (Å²) in [7, 11) is 2.15. The van der Waals surface area contributed by atoms with Crippen LogP contribution >= 0.6 is 0 Å². The van der Waals surface area contributed by atoms with Gasteiger partial charge in [-0.15, -0.1) is 10.2 Å². The summed E-state index contributed by atoms with van der Waals surface area (Å²) in [5, 5.41) is 9.05. The number of rotatable bonds is 5. The second-order valence-electron chi connectivity index (χ2n) is 7.40. The molecule has 0 aromatic carbocycles. The van der Waals surface area contributed by atoms with Crippen molar-refractivity contribution in [1.29, 1.82) is 0 Å². The zero-order valence-corrected chi connectivity index (χ0v) is 15.0. The quantitative estimate of drug-likeness (QED) is 0.782. The highest BCUT2D eigenvalue weighted by atomic mass is 15.3. The molecule has 128 valence electrons. The van der Waals surface area contributed by atoms with Crippen molar-refractivity contribution >= 4 is 0 Å². The topological polar surface area (TPSA) is 37.2 Å². The van der Waals surface area contributed by atoms with Gasteiger partial charge in [-0.05, 0) is 59.2 Å². The summed E-state index contributed by atoms with van der Waals surface area (Å²) in [5.74, 6) is 2.84. The molecule has 3 rings (SSSR count). The van der Waals surface area contributed by atoms with Gasteiger partial charge in [0.05, 0.1) is 6.54 Å². The van der Waals surface area contributed by atoms with E-state index in [0.717, 1.165) is 25.5 Å². The van der Waals surface area contributed by atoms with Crippen LogP contribution in [0.4, 0.5) is 0 Å². The molecule has 0 spiro atoms. The van der Waals surface area contributed by atoms with Crippen LogP contribution in [0.1, 0.15) is 57.1 Å². The van der Waals surface area contributed by atoms with Crippen LogP contribution in [0, 0.1) is 0 Å². The fourth-order valence-corrected chi connectivity index (χ4v) is 3.75. The normalized spacial score (nSPS) is 23.3. The van der Waals surface area contributed by atoms with E-state index in [9.17, 15) is 0 Å². The van der Waals surface area contributed by atoms with Crippen molar-refractivity contribution in [3.05, 3.63) is 23.3 Å². The van der Waals surface area contributed by atoms with Crippen molar-refractivity contribution in [2.24, 2.45) is 7.05 Å². The Morgan fingerprint density at radius 2 is 1.83 bits per heavy atom. The van der Waals surface area contributed by atoms with E-state index in [1.807, 2.05) is 0 Å². The lowest BCUT2D eigenvalue weighted by atomic mass is 9.97. The molecular weight excluding hydrogens is 286 g/mol. The molecule has 0 unspecified atom stereocenters. The average Bonchev–Trinajstić information content (AvgIpc) is 3.17. The van der Waals surface area contributed by atoms with Crippen LogP contribution < -0.4 is 0 Å². The average molecular weight is 317 g/mol. The molecule has 1 aromatic rings. The number of hydrogen-bond donors (Lipinski definition) is 0. The van der Waals surface area contributed by atoms with Crippen LogP contribution in [0.15, 0.2) is 11.6 Å². The van der Waals surface area contributed by atoms with Crippen LogP contribution in [-0.2, 0) is 13.6 Å². The zero-order valence-electron chi connectivity index (χ0n) is 15.0. The molecule has 5 heteroatoms. The van der Waals surface area contributed by atoms with E-state index < -0.39 is 0 Å². The van der Waals surface area contributed by atoms with Crippen LogP contribution in [0.5, 0.6) is 0 Å². The van der Waals surface area contributed by atoms with E-state index in [-0.39, 0.29) is 0 Å². The van der Waals surface area contributed by atoms with Crippen molar-refractivity contribution < 1.29 is 0 Å². The van der Waals surface area contributed by atoms with Gasteiger partial charge in [-0.2, -0.15) is 0 Å². The molecule has 2 aliphatic heterocycles. The highest BCUT2D eigenvalue weighted by Crippen LogP contribution is 2.26. The third-order valence-electron chi connectivity index (χ3n) is 5.19. The number of aromatic nitrogens is 3. The van der Waals surface area contributed by atoms with E-state index in [1.54, 1.807) is 0 Å². The summed E-state index contributed by atoms with van der Waals surface area (Å²) in [6.45, 7) is 11.1. The van der Waals surface area contributed by atoms with Gasteiger partial charge in [-0.1, -0.05) is 11.6 Å². The Morgan fingerprint density at radius 1 is 1.09 bits per heavy atom. The Labute approximate surface area is 140 Å². The maximum atomic E-state index is 4.56. The number of likely N-dealkylation sites (tertiary alicyclic amines) is 2. The molecular formula is C18H31N5. The molecule has 2 fully saturated rings. The van der Waals surface area contributed by atoms with Gasteiger partial charge >= 0.3 is 0 Å². The molecule has 1 atom stereocenters. The van der Waals surface area contributed by atoms with E-state index in [1.165, 1.54) is 56.7 Å². The standard InChI is InChI=1S/C18H31N5/c1-15(2)8-12-23-11-6-7-16(13-23)18-20-19-17(21(18)3)14-22-9-4-5-10-22/h8,16H,4-7,9-14H2,1-3H3/t16-/m1/s1. The second-order valence-corrected chi connectivity index (χ2v) is 7.40. The van der Waals surface area contributed by atoms with Crippen molar-refractivity contribution in [2.45, 2.75) is 52.0 Å². The Bertz CT molecular complexity index is 538. The van der Waals surface area contributed by atoms with Crippen LogP contribution in [-0.4, -0.2) is 57.3 Å². The summed E-state index contributed by atoms with van der Waals surface area (Å²) in [6, 6.07) is 0. The number of allylic oxidation sites excluding steroid dienone is 1. The van der Waals surface area contributed by atoms with Crippen LogP contribution in [0.2, 0.25) is 0 Å². The third-order valence-corrected chi connectivity index (χ3v) is 5.19. The van der Waals surface area contributed by atoms with Crippen molar-refractivity contribution in [2.75, 3.05) is 32.7 Å². The van der Waals surface area contributed by atoms with E-state index in [0.29, 0.717) is 5.92 Å². The largest absolute Gasteiger partial charge is 0.317 e. The van der Waals surface area contributed by atoms with E-state index >= 15 is 0 Å². The summed E-state index contributed by atoms with van der Waals surface area (Å²) in [5.41, 5.74) is 1.40. The first-order valence-electron chi connectivity index (χ1n) is 9.09. The predicted molar refractivity (Wildman–Crippen MR) is 93.4 cm³/mol. The Balaban J connectivity index is 1.64. The zero-order chi connectivity index (χ0) is 16.2. The second kappa shape index (κ2) is 7.58. The molecule has 1 aromatic heterocycles. The molecule has 0 saturated carbocycles. The molecule has 23 heavy (non-hydrogen) atoms. The minimum absolute atomic E-state index is 0.527. The third kappa shape index (κ3) is 4.21. The molecule has 0 amide bonds. The lowest BCUT2D eigenvalue weighted by Crippen LogP contribution is -2.35. The van der Waals surface area contributed by atoms with Gasteiger partial charge in [0.15, 0.2) is 0 Å². The maximum absolute atomic E-state index is 4.56. The highest BCUT2D eigenvalue weighted by molar-refractivity contribution is 5.05. The summed E-state index contributed by atoms with van der Waals surface area (Å²) in [6.07, 6.45) is 7.48. The van der Waals surface area contributed by atoms with Crippen molar-refractivity contribution in [3.63, 3.8) is 0 Å². The molecule has 5 nitrogen and oxygen atoms in total. The molecule has 0 aliphatic carbocycles. The van der Waals surface area contributed by atoms with Gasteiger partial charge in [0.25, 0.3) is 0 Å². The monoisotopic (exact) mass is 317 g/mol. The van der Waals surface area contributed by atoms with Crippen LogP contribution in [0.25, 0.3) is 0 Å². The maximum Gasteiger partial charge on any atom is 0.146 e. The highest BCUT2D eigenvalue weighted by Gasteiger charge is 2.26. The lowest BCUT2D eigenvalue weighted by molar-refractivity contribution is 0.221. The summed E-state index contributed by atoms with van der Waals surface area (Å²) < 4.78 is 2.26. The minimum atomic E-state index is 0.527. The van der Waals surface area contributed by atoms with Gasteiger partial charge < -0.3 is 4.57 Å². The number of hydrogen-bond acceptors (Lipinski definition) is 4. The molecule has 0 radical (unpaired) electrons. The molecule has 2 saturated heterocycles. The minimum Gasteiger partial charge on any atom is -0.317 e. The predicted octanol–water partition coefficient (Wildman–Crippen LogP) is 2.56.